The Balaban J connectivity index is 2.07. The molecule has 132 valence electrons. The molecule has 0 aliphatic rings. The van der Waals surface area contributed by atoms with Crippen LogP contribution < -0.4 is 10.1 Å². The molecule has 0 radical (unpaired) electrons. The molecule has 0 saturated heterocycles. The lowest BCUT2D eigenvalue weighted by atomic mass is 10.0. The Morgan fingerprint density at radius 3 is 2.52 bits per heavy atom. The molecule has 0 spiro atoms. The molecule has 2 amide bonds. The normalized spacial score (nSPS) is 11.5. The maximum atomic E-state index is 12.6. The Hall–Kier alpha value is -2.89. The molecule has 1 unspecified atom stereocenters. The third-order valence-corrected chi connectivity index (χ3v) is 3.84. The lowest BCUT2D eigenvalue weighted by molar-refractivity contribution is -0.131. The van der Waals surface area contributed by atoms with Crippen LogP contribution in [0.2, 0.25) is 0 Å². The highest BCUT2D eigenvalue weighted by Crippen LogP contribution is 2.21. The highest BCUT2D eigenvalue weighted by atomic mass is 16.5. The third kappa shape index (κ3) is 5.60. The van der Waals surface area contributed by atoms with Crippen molar-refractivity contribution < 1.29 is 14.3 Å². The van der Waals surface area contributed by atoms with Crippen molar-refractivity contribution in [2.24, 2.45) is 0 Å². The minimum absolute atomic E-state index is 0.0570. The Morgan fingerprint density at radius 2 is 1.96 bits per heavy atom. The molecule has 1 aromatic carbocycles. The summed E-state index contributed by atoms with van der Waals surface area (Å²) in [6, 6.07) is 10.7. The van der Waals surface area contributed by atoms with Crippen LogP contribution in [-0.4, -0.2) is 35.9 Å². The number of pyridine rings is 1. The van der Waals surface area contributed by atoms with Crippen LogP contribution >= 0.6 is 0 Å². The van der Waals surface area contributed by atoms with E-state index in [2.05, 4.69) is 10.3 Å². The first-order chi connectivity index (χ1) is 12.0. The number of carbonyl (C=O) groups excluding carboxylic acids is 2. The number of rotatable bonds is 7. The maximum absolute atomic E-state index is 12.6. The first kappa shape index (κ1) is 18.4. The second kappa shape index (κ2) is 8.82. The Labute approximate surface area is 147 Å². The maximum Gasteiger partial charge on any atom is 0.225 e. The van der Waals surface area contributed by atoms with Crippen molar-refractivity contribution in [2.75, 3.05) is 14.2 Å². The summed E-state index contributed by atoms with van der Waals surface area (Å²) in [6.45, 7) is 1.92. The van der Waals surface area contributed by atoms with E-state index in [1.54, 1.807) is 31.5 Å². The van der Waals surface area contributed by atoms with Gasteiger partial charge in [0.1, 0.15) is 5.75 Å². The average molecular weight is 341 g/mol. The summed E-state index contributed by atoms with van der Waals surface area (Å²) < 4.78 is 5.15. The van der Waals surface area contributed by atoms with E-state index >= 15 is 0 Å². The van der Waals surface area contributed by atoms with E-state index in [1.165, 1.54) is 6.92 Å². The fourth-order valence-electron chi connectivity index (χ4n) is 2.52. The molecule has 1 heterocycles. The minimum atomic E-state index is -0.382. The number of nitrogens with zero attached hydrogens (tertiary/aromatic N) is 2. The van der Waals surface area contributed by atoms with Gasteiger partial charge in [-0.2, -0.15) is 0 Å². The van der Waals surface area contributed by atoms with Crippen LogP contribution in [0.5, 0.6) is 5.75 Å². The number of hydrogen-bond donors (Lipinski definition) is 1. The number of carbonyl (C=O) groups is 2. The summed E-state index contributed by atoms with van der Waals surface area (Å²) in [5.74, 6) is 0.493. The number of benzene rings is 1. The molecule has 0 aliphatic carbocycles. The minimum Gasteiger partial charge on any atom is -0.497 e. The van der Waals surface area contributed by atoms with Crippen molar-refractivity contribution in [3.05, 3.63) is 59.9 Å². The summed E-state index contributed by atoms with van der Waals surface area (Å²) in [5.41, 5.74) is 1.82. The van der Waals surface area contributed by atoms with Gasteiger partial charge in [0, 0.05) is 32.9 Å². The van der Waals surface area contributed by atoms with E-state index in [9.17, 15) is 9.59 Å². The van der Waals surface area contributed by atoms with Crippen molar-refractivity contribution >= 4 is 11.8 Å². The van der Waals surface area contributed by atoms with Crippen LogP contribution in [-0.2, 0) is 16.1 Å². The molecular weight excluding hydrogens is 318 g/mol. The summed E-state index contributed by atoms with van der Waals surface area (Å²) >= 11 is 0. The first-order valence-electron chi connectivity index (χ1n) is 8.03. The predicted molar refractivity (Wildman–Crippen MR) is 94.9 cm³/mol. The number of nitrogens with one attached hydrogen (secondary N) is 1. The van der Waals surface area contributed by atoms with Crippen molar-refractivity contribution in [3.63, 3.8) is 0 Å². The summed E-state index contributed by atoms with van der Waals surface area (Å²) in [4.78, 5) is 29.8. The van der Waals surface area contributed by atoms with Gasteiger partial charge in [-0.05, 0) is 29.3 Å². The van der Waals surface area contributed by atoms with E-state index in [1.807, 2.05) is 36.4 Å². The first-order valence-corrected chi connectivity index (χ1v) is 8.03. The predicted octanol–water partition coefficient (Wildman–Crippen LogP) is 2.32. The molecule has 1 aromatic heterocycles. The van der Waals surface area contributed by atoms with E-state index in [-0.39, 0.29) is 24.3 Å². The van der Waals surface area contributed by atoms with Gasteiger partial charge in [0.2, 0.25) is 11.8 Å². The lowest BCUT2D eigenvalue weighted by Gasteiger charge is -2.22. The molecule has 0 aliphatic heterocycles. The molecule has 25 heavy (non-hydrogen) atoms. The van der Waals surface area contributed by atoms with Gasteiger partial charge in [0.05, 0.1) is 19.6 Å². The van der Waals surface area contributed by atoms with E-state index in [0.29, 0.717) is 6.54 Å². The standard InChI is InChI=1S/C19H23N3O3/c1-14(23)21-18(16-6-8-17(25-3)9-7-16)11-19(24)22(2)13-15-5-4-10-20-12-15/h4-10,12,18H,11,13H2,1-3H3,(H,21,23). The average Bonchev–Trinajstić information content (AvgIpc) is 2.61. The van der Waals surface area contributed by atoms with Crippen LogP contribution in [0.1, 0.15) is 30.5 Å². The van der Waals surface area contributed by atoms with E-state index in [0.717, 1.165) is 16.9 Å². The summed E-state index contributed by atoms with van der Waals surface area (Å²) in [7, 11) is 3.34. The highest BCUT2D eigenvalue weighted by Gasteiger charge is 2.20. The summed E-state index contributed by atoms with van der Waals surface area (Å²) in [5, 5.41) is 2.84. The number of amides is 2. The molecule has 0 saturated carbocycles. The van der Waals surface area contributed by atoms with Crippen LogP contribution in [0.4, 0.5) is 0 Å². The SMILES string of the molecule is COc1ccc(C(CC(=O)N(C)Cc2cccnc2)NC(C)=O)cc1. The molecule has 1 atom stereocenters. The van der Waals surface area contributed by atoms with Gasteiger partial charge >= 0.3 is 0 Å². The molecule has 2 aromatic rings. The Morgan fingerprint density at radius 1 is 1.24 bits per heavy atom. The Bertz CT molecular complexity index is 702. The second-order valence-electron chi connectivity index (χ2n) is 5.84. The number of aromatic nitrogens is 1. The highest BCUT2D eigenvalue weighted by molar-refractivity contribution is 5.79. The smallest absolute Gasteiger partial charge is 0.225 e. The van der Waals surface area contributed by atoms with Crippen molar-refractivity contribution in [1.29, 1.82) is 0 Å². The largest absolute Gasteiger partial charge is 0.497 e. The lowest BCUT2D eigenvalue weighted by Crippen LogP contribution is -2.33. The molecule has 0 fully saturated rings. The van der Waals surface area contributed by atoms with Crippen molar-refractivity contribution in [1.82, 2.24) is 15.2 Å². The molecule has 0 bridgehead atoms. The molecular formula is C19H23N3O3. The van der Waals surface area contributed by atoms with Gasteiger partial charge in [-0.1, -0.05) is 18.2 Å². The fourth-order valence-corrected chi connectivity index (χ4v) is 2.52. The molecule has 6 heteroatoms. The zero-order valence-corrected chi connectivity index (χ0v) is 14.7. The van der Waals surface area contributed by atoms with Gasteiger partial charge in [-0.25, -0.2) is 0 Å². The van der Waals surface area contributed by atoms with Gasteiger partial charge < -0.3 is 15.0 Å². The topological polar surface area (TPSA) is 71.5 Å². The van der Waals surface area contributed by atoms with Crippen LogP contribution in [0, 0.1) is 0 Å². The van der Waals surface area contributed by atoms with E-state index < -0.39 is 0 Å². The van der Waals surface area contributed by atoms with Gasteiger partial charge in [-0.15, -0.1) is 0 Å². The van der Waals surface area contributed by atoms with Crippen LogP contribution in [0.15, 0.2) is 48.8 Å². The van der Waals surface area contributed by atoms with Crippen LogP contribution in [0.25, 0.3) is 0 Å². The number of hydrogen-bond acceptors (Lipinski definition) is 4. The monoisotopic (exact) mass is 341 g/mol. The fraction of sp³-hybridized carbons (Fsp3) is 0.316. The van der Waals surface area contributed by atoms with Crippen LogP contribution in [0.3, 0.4) is 0 Å². The quantitative estimate of drug-likeness (QED) is 0.839. The van der Waals surface area contributed by atoms with Gasteiger partial charge in [-0.3, -0.25) is 14.6 Å². The Kier molecular flexibility index (Phi) is 6.51. The molecule has 1 N–H and O–H groups in total. The second-order valence-corrected chi connectivity index (χ2v) is 5.84. The molecule has 6 nitrogen and oxygen atoms in total. The number of methoxy groups -OCH3 is 1. The number of ether oxygens (including phenoxy) is 1. The third-order valence-electron chi connectivity index (χ3n) is 3.84. The van der Waals surface area contributed by atoms with Crippen molar-refractivity contribution in [3.8, 4) is 5.75 Å². The summed E-state index contributed by atoms with van der Waals surface area (Å²) in [6.07, 6.45) is 3.61. The molecule has 2 rings (SSSR count). The zero-order chi connectivity index (χ0) is 18.2. The van der Waals surface area contributed by atoms with Gasteiger partial charge in [0.25, 0.3) is 0 Å². The zero-order valence-electron chi connectivity index (χ0n) is 14.7. The van der Waals surface area contributed by atoms with Crippen molar-refractivity contribution in [2.45, 2.75) is 25.9 Å². The van der Waals surface area contributed by atoms with Gasteiger partial charge in [0.15, 0.2) is 0 Å². The van der Waals surface area contributed by atoms with E-state index in [4.69, 9.17) is 4.74 Å².